The van der Waals surface area contributed by atoms with Crippen LogP contribution in [0.3, 0.4) is 0 Å². The van der Waals surface area contributed by atoms with E-state index in [0.29, 0.717) is 27.6 Å². The smallest absolute Gasteiger partial charge is 0.253 e. The summed E-state index contributed by atoms with van der Waals surface area (Å²) in [6, 6.07) is 11.4. The standard InChI is InChI=1S/C20H22ClFN2O2S/c1-3-13(2)23-20(26)16-6-4-5-7-18(16)24-19(25)12-27-11-14-8-9-15(21)10-17(14)22/h4-10,13H,3,11-12H2,1-2H3,(H,23,26)(H,24,25). The van der Waals surface area contributed by atoms with Gasteiger partial charge < -0.3 is 10.6 Å². The molecule has 4 nitrogen and oxygen atoms in total. The Hall–Kier alpha value is -2.05. The van der Waals surface area contributed by atoms with Crippen LogP contribution >= 0.6 is 23.4 Å². The van der Waals surface area contributed by atoms with E-state index in [9.17, 15) is 14.0 Å². The van der Waals surface area contributed by atoms with E-state index in [-0.39, 0.29) is 29.4 Å². The number of para-hydroxylation sites is 1. The van der Waals surface area contributed by atoms with Crippen LogP contribution in [0, 0.1) is 5.82 Å². The Kier molecular flexibility index (Phi) is 8.13. The highest BCUT2D eigenvalue weighted by Gasteiger charge is 2.14. The number of carbonyl (C=O) groups excluding carboxylic acids is 2. The Bertz CT molecular complexity index is 816. The van der Waals surface area contributed by atoms with Gasteiger partial charge >= 0.3 is 0 Å². The zero-order chi connectivity index (χ0) is 19.8. The van der Waals surface area contributed by atoms with Gasteiger partial charge in [0.05, 0.1) is 17.0 Å². The third kappa shape index (κ3) is 6.56. The number of thioether (sulfide) groups is 1. The van der Waals surface area contributed by atoms with Crippen molar-refractivity contribution in [1.29, 1.82) is 0 Å². The SMILES string of the molecule is CCC(C)NC(=O)c1ccccc1NC(=O)CSCc1ccc(Cl)cc1F. The molecule has 0 spiro atoms. The maximum Gasteiger partial charge on any atom is 0.253 e. The average Bonchev–Trinajstić information content (AvgIpc) is 2.63. The molecule has 27 heavy (non-hydrogen) atoms. The van der Waals surface area contributed by atoms with E-state index in [1.54, 1.807) is 36.4 Å². The van der Waals surface area contributed by atoms with Crippen molar-refractivity contribution in [2.24, 2.45) is 0 Å². The van der Waals surface area contributed by atoms with Crippen LogP contribution in [0.25, 0.3) is 0 Å². The van der Waals surface area contributed by atoms with Crippen molar-refractivity contribution in [2.45, 2.75) is 32.1 Å². The van der Waals surface area contributed by atoms with Crippen molar-refractivity contribution in [1.82, 2.24) is 5.32 Å². The molecule has 2 aromatic carbocycles. The molecule has 0 aliphatic carbocycles. The second kappa shape index (κ2) is 10.3. The van der Waals surface area contributed by atoms with Crippen LogP contribution in [-0.2, 0) is 10.5 Å². The molecule has 2 N–H and O–H groups in total. The van der Waals surface area contributed by atoms with Crippen molar-refractivity contribution in [3.63, 3.8) is 0 Å². The predicted molar refractivity (Wildman–Crippen MR) is 110 cm³/mol. The van der Waals surface area contributed by atoms with Gasteiger partial charge in [0.2, 0.25) is 5.91 Å². The molecule has 144 valence electrons. The van der Waals surface area contributed by atoms with Gasteiger partial charge in [-0.2, -0.15) is 0 Å². The first-order chi connectivity index (χ1) is 12.9. The van der Waals surface area contributed by atoms with Gasteiger partial charge in [0.25, 0.3) is 5.91 Å². The highest BCUT2D eigenvalue weighted by atomic mass is 35.5. The predicted octanol–water partition coefficient (Wildman–Crippen LogP) is 4.88. The lowest BCUT2D eigenvalue weighted by Gasteiger charge is -2.14. The van der Waals surface area contributed by atoms with Gasteiger partial charge in [-0.25, -0.2) is 4.39 Å². The number of benzene rings is 2. The summed E-state index contributed by atoms with van der Waals surface area (Å²) in [5.41, 5.74) is 1.37. The Balaban J connectivity index is 1.93. The van der Waals surface area contributed by atoms with Crippen LogP contribution < -0.4 is 10.6 Å². The molecule has 0 aliphatic rings. The third-order valence-corrected chi connectivity index (χ3v) is 5.16. The summed E-state index contributed by atoms with van der Waals surface area (Å²) in [5.74, 6) is -0.368. The van der Waals surface area contributed by atoms with Gasteiger partial charge in [-0.15, -0.1) is 11.8 Å². The molecule has 0 heterocycles. The molecule has 0 saturated heterocycles. The molecular weight excluding hydrogens is 387 g/mol. The molecule has 0 fully saturated rings. The van der Waals surface area contributed by atoms with E-state index < -0.39 is 0 Å². The van der Waals surface area contributed by atoms with Gasteiger partial charge in [-0.3, -0.25) is 9.59 Å². The topological polar surface area (TPSA) is 58.2 Å². The van der Waals surface area contributed by atoms with Crippen molar-refractivity contribution < 1.29 is 14.0 Å². The monoisotopic (exact) mass is 408 g/mol. The van der Waals surface area contributed by atoms with Gasteiger partial charge in [0, 0.05) is 16.8 Å². The van der Waals surface area contributed by atoms with Crippen molar-refractivity contribution >= 4 is 40.9 Å². The summed E-state index contributed by atoms with van der Waals surface area (Å²) < 4.78 is 13.8. The minimum Gasteiger partial charge on any atom is -0.350 e. The Labute approximate surface area is 167 Å². The summed E-state index contributed by atoms with van der Waals surface area (Å²) in [6.45, 7) is 3.91. The zero-order valence-electron chi connectivity index (χ0n) is 15.2. The largest absolute Gasteiger partial charge is 0.350 e. The van der Waals surface area contributed by atoms with E-state index in [4.69, 9.17) is 11.6 Å². The number of rotatable bonds is 8. The van der Waals surface area contributed by atoms with Crippen LogP contribution in [0.2, 0.25) is 5.02 Å². The number of hydrogen-bond acceptors (Lipinski definition) is 3. The summed E-state index contributed by atoms with van der Waals surface area (Å²) in [7, 11) is 0. The summed E-state index contributed by atoms with van der Waals surface area (Å²) >= 11 is 7.02. The second-order valence-electron chi connectivity index (χ2n) is 6.11. The highest BCUT2D eigenvalue weighted by Crippen LogP contribution is 2.20. The molecule has 0 bridgehead atoms. The van der Waals surface area contributed by atoms with E-state index >= 15 is 0 Å². The molecule has 0 aromatic heterocycles. The third-order valence-electron chi connectivity index (χ3n) is 3.94. The number of halogens is 2. The molecule has 7 heteroatoms. The first-order valence-corrected chi connectivity index (χ1v) is 10.2. The Morgan fingerprint density at radius 1 is 1.22 bits per heavy atom. The minimum atomic E-state index is -0.387. The van der Waals surface area contributed by atoms with E-state index in [0.717, 1.165) is 6.42 Å². The van der Waals surface area contributed by atoms with E-state index in [1.807, 2.05) is 13.8 Å². The van der Waals surface area contributed by atoms with Crippen LogP contribution in [-0.4, -0.2) is 23.6 Å². The zero-order valence-corrected chi connectivity index (χ0v) is 16.8. The number of anilines is 1. The van der Waals surface area contributed by atoms with Gasteiger partial charge in [0.1, 0.15) is 5.82 Å². The van der Waals surface area contributed by atoms with Gasteiger partial charge in [-0.1, -0.05) is 36.7 Å². The molecule has 1 unspecified atom stereocenters. The number of carbonyl (C=O) groups is 2. The van der Waals surface area contributed by atoms with E-state index in [2.05, 4.69) is 10.6 Å². The van der Waals surface area contributed by atoms with Crippen molar-refractivity contribution in [3.05, 3.63) is 64.4 Å². The van der Waals surface area contributed by atoms with Crippen molar-refractivity contribution in [3.8, 4) is 0 Å². The Morgan fingerprint density at radius 2 is 1.96 bits per heavy atom. The van der Waals surface area contributed by atoms with Crippen LogP contribution in [0.5, 0.6) is 0 Å². The first kappa shape index (κ1) is 21.3. The first-order valence-electron chi connectivity index (χ1n) is 8.62. The van der Waals surface area contributed by atoms with Gasteiger partial charge in [0.15, 0.2) is 0 Å². The van der Waals surface area contributed by atoms with Crippen LogP contribution in [0.1, 0.15) is 36.2 Å². The molecule has 0 aliphatic heterocycles. The summed E-state index contributed by atoms with van der Waals surface area (Å²) in [5, 5.41) is 5.98. The number of nitrogens with one attached hydrogen (secondary N) is 2. The normalized spacial score (nSPS) is 11.7. The second-order valence-corrected chi connectivity index (χ2v) is 7.53. The van der Waals surface area contributed by atoms with Crippen LogP contribution in [0.4, 0.5) is 10.1 Å². The molecular formula is C20H22ClFN2O2S. The molecule has 2 rings (SSSR count). The maximum absolute atomic E-state index is 13.8. The quantitative estimate of drug-likeness (QED) is 0.654. The summed E-state index contributed by atoms with van der Waals surface area (Å²) in [6.07, 6.45) is 0.818. The lowest BCUT2D eigenvalue weighted by molar-refractivity contribution is -0.113. The molecule has 2 aromatic rings. The fourth-order valence-electron chi connectivity index (χ4n) is 2.27. The minimum absolute atomic E-state index is 0.0473. The molecule has 2 amide bonds. The number of hydrogen-bond donors (Lipinski definition) is 2. The molecule has 0 radical (unpaired) electrons. The molecule has 0 saturated carbocycles. The van der Waals surface area contributed by atoms with E-state index in [1.165, 1.54) is 17.8 Å². The fourth-order valence-corrected chi connectivity index (χ4v) is 3.24. The fraction of sp³-hybridized carbons (Fsp3) is 0.300. The lowest BCUT2D eigenvalue weighted by atomic mass is 10.1. The summed E-state index contributed by atoms with van der Waals surface area (Å²) in [4.78, 5) is 24.6. The van der Waals surface area contributed by atoms with Crippen LogP contribution in [0.15, 0.2) is 42.5 Å². The highest BCUT2D eigenvalue weighted by molar-refractivity contribution is 7.99. The Morgan fingerprint density at radius 3 is 2.67 bits per heavy atom. The average molecular weight is 409 g/mol. The number of amides is 2. The maximum atomic E-state index is 13.8. The van der Waals surface area contributed by atoms with Crippen molar-refractivity contribution in [2.75, 3.05) is 11.1 Å². The molecule has 1 atom stereocenters. The van der Waals surface area contributed by atoms with Gasteiger partial charge in [-0.05, 0) is 43.2 Å². The lowest BCUT2D eigenvalue weighted by Crippen LogP contribution is -2.32.